The van der Waals surface area contributed by atoms with Gasteiger partial charge in [0.15, 0.2) is 16.7 Å². The molecule has 2 heterocycles. The summed E-state index contributed by atoms with van der Waals surface area (Å²) in [6, 6.07) is 16.6. The highest BCUT2D eigenvalue weighted by atomic mass is 32.2. The van der Waals surface area contributed by atoms with Gasteiger partial charge in [-0.1, -0.05) is 23.9 Å². The Morgan fingerprint density at radius 3 is 2.61 bits per heavy atom. The van der Waals surface area contributed by atoms with E-state index in [1.165, 1.54) is 18.0 Å². The molecule has 4 rings (SSSR count). The van der Waals surface area contributed by atoms with E-state index in [-0.39, 0.29) is 29.9 Å². The Hall–Kier alpha value is -4.05. The fraction of sp³-hybridized carbons (Fsp3) is 0.231. The van der Waals surface area contributed by atoms with Crippen LogP contribution in [0.5, 0.6) is 5.75 Å². The van der Waals surface area contributed by atoms with Crippen molar-refractivity contribution in [2.45, 2.75) is 32.5 Å². The minimum atomic E-state index is -0.358. The molecule has 0 aliphatic carbocycles. The highest BCUT2D eigenvalue weighted by Gasteiger charge is 2.18. The van der Waals surface area contributed by atoms with Crippen LogP contribution in [0.25, 0.3) is 5.69 Å². The van der Waals surface area contributed by atoms with Gasteiger partial charge in [0.2, 0.25) is 5.91 Å². The Bertz CT molecular complexity index is 1330. The second-order valence-electron chi connectivity index (χ2n) is 7.98. The molecule has 2 amide bonds. The first-order valence-corrected chi connectivity index (χ1v) is 12.4. The molecular formula is C26H27N5O4S. The number of anilines is 1. The normalized spacial score (nSPS) is 10.8. The fourth-order valence-corrected chi connectivity index (χ4v) is 4.24. The lowest BCUT2D eigenvalue weighted by Crippen LogP contribution is -2.24. The topological polar surface area (TPSA) is 111 Å². The van der Waals surface area contributed by atoms with E-state index in [4.69, 9.17) is 9.15 Å². The Kier molecular flexibility index (Phi) is 8.06. The van der Waals surface area contributed by atoms with Crippen LogP contribution in [-0.4, -0.2) is 38.9 Å². The number of hydrogen-bond acceptors (Lipinski definition) is 7. The number of furan rings is 1. The molecule has 0 atom stereocenters. The summed E-state index contributed by atoms with van der Waals surface area (Å²) in [5, 5.41) is 14.9. The van der Waals surface area contributed by atoms with Crippen LogP contribution in [0.3, 0.4) is 0 Å². The summed E-state index contributed by atoms with van der Waals surface area (Å²) in [6.07, 6.45) is 1.44. The van der Waals surface area contributed by atoms with Gasteiger partial charge in [-0.15, -0.1) is 10.2 Å². The number of ether oxygens (including phenoxy) is 1. The quantitative estimate of drug-likeness (QED) is 0.305. The van der Waals surface area contributed by atoms with Crippen molar-refractivity contribution in [3.05, 3.63) is 83.6 Å². The molecule has 10 heteroatoms. The maximum Gasteiger partial charge on any atom is 0.287 e. The van der Waals surface area contributed by atoms with Gasteiger partial charge in [-0.3, -0.25) is 14.2 Å². The third kappa shape index (κ3) is 6.14. The summed E-state index contributed by atoms with van der Waals surface area (Å²) in [5.74, 6) is 1.09. The summed E-state index contributed by atoms with van der Waals surface area (Å²) >= 11 is 1.26. The van der Waals surface area contributed by atoms with E-state index in [0.29, 0.717) is 17.6 Å². The Labute approximate surface area is 213 Å². The number of amides is 2. The van der Waals surface area contributed by atoms with Gasteiger partial charge in [-0.25, -0.2) is 0 Å². The SMILES string of the molecule is CCOc1ccc(-n2c(CNC(=O)c3ccco3)nnc2SCC(=O)Nc2cc(C)ccc2C)cc1. The van der Waals surface area contributed by atoms with Gasteiger partial charge in [0, 0.05) is 11.4 Å². The average Bonchev–Trinajstić information content (AvgIpc) is 3.55. The second kappa shape index (κ2) is 11.6. The Balaban J connectivity index is 1.52. The molecule has 0 fully saturated rings. The van der Waals surface area contributed by atoms with Crippen LogP contribution in [0, 0.1) is 13.8 Å². The first kappa shape index (κ1) is 25.1. The first-order chi connectivity index (χ1) is 17.4. The van der Waals surface area contributed by atoms with E-state index in [0.717, 1.165) is 28.3 Å². The van der Waals surface area contributed by atoms with E-state index >= 15 is 0 Å². The van der Waals surface area contributed by atoms with Crippen LogP contribution in [-0.2, 0) is 11.3 Å². The zero-order valence-electron chi connectivity index (χ0n) is 20.3. The molecule has 36 heavy (non-hydrogen) atoms. The van der Waals surface area contributed by atoms with Gasteiger partial charge in [-0.2, -0.15) is 0 Å². The van der Waals surface area contributed by atoms with E-state index in [1.807, 2.05) is 67.8 Å². The number of thioether (sulfide) groups is 1. The summed E-state index contributed by atoms with van der Waals surface area (Å²) in [5.41, 5.74) is 3.63. The third-order valence-corrected chi connectivity index (χ3v) is 6.19. The molecule has 0 aliphatic heterocycles. The fourth-order valence-electron chi connectivity index (χ4n) is 3.47. The van der Waals surface area contributed by atoms with Crippen molar-refractivity contribution in [2.24, 2.45) is 0 Å². The highest BCUT2D eigenvalue weighted by molar-refractivity contribution is 7.99. The van der Waals surface area contributed by atoms with Crippen molar-refractivity contribution >= 4 is 29.3 Å². The van der Waals surface area contributed by atoms with E-state index in [9.17, 15) is 9.59 Å². The zero-order chi connectivity index (χ0) is 25.5. The first-order valence-electron chi connectivity index (χ1n) is 11.4. The average molecular weight is 506 g/mol. The monoisotopic (exact) mass is 505 g/mol. The molecule has 0 spiro atoms. The van der Waals surface area contributed by atoms with Gasteiger partial charge in [-0.05, 0) is 74.4 Å². The lowest BCUT2D eigenvalue weighted by molar-refractivity contribution is -0.113. The maximum absolute atomic E-state index is 12.7. The van der Waals surface area contributed by atoms with Crippen LogP contribution in [0.4, 0.5) is 5.69 Å². The molecule has 0 unspecified atom stereocenters. The number of rotatable bonds is 10. The van der Waals surface area contributed by atoms with Gasteiger partial charge in [0.25, 0.3) is 5.91 Å². The maximum atomic E-state index is 12.7. The molecule has 186 valence electrons. The molecule has 0 saturated carbocycles. The van der Waals surface area contributed by atoms with Gasteiger partial charge in [0.1, 0.15) is 5.75 Å². The summed E-state index contributed by atoms with van der Waals surface area (Å²) < 4.78 is 12.5. The smallest absolute Gasteiger partial charge is 0.287 e. The number of aryl methyl sites for hydroxylation is 2. The standard InChI is InChI=1S/C26H27N5O4S/c1-4-34-20-11-9-19(10-12-20)31-23(15-27-25(33)22-6-5-13-35-22)29-30-26(31)36-16-24(32)28-21-14-17(2)7-8-18(21)3/h5-14H,4,15-16H2,1-3H3,(H,27,33)(H,28,32). The van der Waals surface area contributed by atoms with Crippen molar-refractivity contribution in [2.75, 3.05) is 17.7 Å². The highest BCUT2D eigenvalue weighted by Crippen LogP contribution is 2.25. The van der Waals surface area contributed by atoms with E-state index in [2.05, 4.69) is 20.8 Å². The Morgan fingerprint density at radius 1 is 1.08 bits per heavy atom. The van der Waals surface area contributed by atoms with Crippen LogP contribution >= 0.6 is 11.8 Å². The molecule has 2 aromatic carbocycles. The van der Waals surface area contributed by atoms with E-state index in [1.54, 1.807) is 12.1 Å². The predicted molar refractivity (Wildman–Crippen MR) is 138 cm³/mol. The van der Waals surface area contributed by atoms with Crippen molar-refractivity contribution in [3.63, 3.8) is 0 Å². The van der Waals surface area contributed by atoms with Gasteiger partial charge >= 0.3 is 0 Å². The van der Waals surface area contributed by atoms with Gasteiger partial charge in [0.05, 0.1) is 25.2 Å². The zero-order valence-corrected chi connectivity index (χ0v) is 21.1. The van der Waals surface area contributed by atoms with E-state index < -0.39 is 0 Å². The number of aromatic nitrogens is 3. The minimum absolute atomic E-state index is 0.120. The third-order valence-electron chi connectivity index (χ3n) is 5.26. The number of nitrogens with one attached hydrogen (secondary N) is 2. The largest absolute Gasteiger partial charge is 0.494 e. The van der Waals surface area contributed by atoms with Crippen molar-refractivity contribution in [1.29, 1.82) is 0 Å². The number of benzene rings is 2. The summed E-state index contributed by atoms with van der Waals surface area (Å²) in [7, 11) is 0. The van der Waals surface area contributed by atoms with Crippen molar-refractivity contribution < 1.29 is 18.7 Å². The molecule has 0 radical (unpaired) electrons. The number of nitrogens with zero attached hydrogens (tertiary/aromatic N) is 3. The molecule has 2 aromatic heterocycles. The summed E-state index contributed by atoms with van der Waals surface area (Å²) in [4.78, 5) is 25.0. The van der Waals surface area contributed by atoms with Crippen LogP contribution in [0.1, 0.15) is 34.4 Å². The molecule has 0 saturated heterocycles. The van der Waals surface area contributed by atoms with Crippen molar-refractivity contribution in [3.8, 4) is 11.4 Å². The number of carbonyl (C=O) groups is 2. The predicted octanol–water partition coefficient (Wildman–Crippen LogP) is 4.54. The molecule has 4 aromatic rings. The molecule has 0 aliphatic rings. The van der Waals surface area contributed by atoms with Crippen molar-refractivity contribution in [1.82, 2.24) is 20.1 Å². The van der Waals surface area contributed by atoms with Crippen LogP contribution in [0.15, 0.2) is 70.4 Å². The molecule has 2 N–H and O–H groups in total. The van der Waals surface area contributed by atoms with Crippen LogP contribution < -0.4 is 15.4 Å². The van der Waals surface area contributed by atoms with Crippen LogP contribution in [0.2, 0.25) is 0 Å². The second-order valence-corrected chi connectivity index (χ2v) is 8.92. The molecule has 9 nitrogen and oxygen atoms in total. The Morgan fingerprint density at radius 2 is 1.89 bits per heavy atom. The van der Waals surface area contributed by atoms with Gasteiger partial charge < -0.3 is 19.8 Å². The summed E-state index contributed by atoms with van der Waals surface area (Å²) in [6.45, 7) is 6.54. The minimum Gasteiger partial charge on any atom is -0.494 e. The molecule has 0 bridgehead atoms. The molecular weight excluding hydrogens is 478 g/mol. The number of hydrogen-bond donors (Lipinski definition) is 2. The lowest BCUT2D eigenvalue weighted by atomic mass is 10.1. The number of carbonyl (C=O) groups excluding carboxylic acids is 2. The lowest BCUT2D eigenvalue weighted by Gasteiger charge is -2.12.